The molecule has 0 spiro atoms. The Kier molecular flexibility index (Phi) is 7.20. The molecule has 2 aromatic carbocycles. The summed E-state index contributed by atoms with van der Waals surface area (Å²) < 4.78 is 65.7. The molecular formula is C25H30F3NO4S. The number of benzene rings is 2. The van der Waals surface area contributed by atoms with E-state index in [1.807, 2.05) is 0 Å². The number of carbonyl (C=O) groups excluding carboxylic acids is 1. The van der Waals surface area contributed by atoms with Crippen LogP contribution in [0, 0.1) is 11.3 Å². The molecule has 0 heterocycles. The standard InChI is InChI=1S/C25H30F3NO4S/c1-23(2,3)16-24(31,25(26,27)28)19-8-10-20(11-9-19)29-22(30)14-17-6-12-21(13-7-17)34(32,33)15-18-4-5-18/h6-13,18,31H,4-5,14-16H2,1-3H3,(H,29,30). The van der Waals surface area contributed by atoms with E-state index in [-0.39, 0.29) is 34.2 Å². The molecule has 1 aliphatic rings. The quantitative estimate of drug-likeness (QED) is 0.523. The number of amides is 1. The Bertz CT molecular complexity index is 1120. The normalized spacial score (nSPS) is 16.7. The van der Waals surface area contributed by atoms with Crippen LogP contribution in [0.4, 0.5) is 18.9 Å². The van der Waals surface area contributed by atoms with Gasteiger partial charge in [0.05, 0.1) is 17.1 Å². The monoisotopic (exact) mass is 497 g/mol. The molecule has 1 saturated carbocycles. The predicted octanol–water partition coefficient (Wildman–Crippen LogP) is 5.24. The van der Waals surface area contributed by atoms with Crippen LogP contribution >= 0.6 is 0 Å². The molecule has 5 nitrogen and oxygen atoms in total. The number of hydrogen-bond donors (Lipinski definition) is 2. The summed E-state index contributed by atoms with van der Waals surface area (Å²) in [6, 6.07) is 11.1. The molecule has 2 aromatic rings. The lowest BCUT2D eigenvalue weighted by Crippen LogP contribution is -2.45. The summed E-state index contributed by atoms with van der Waals surface area (Å²) >= 11 is 0. The number of hydrogen-bond acceptors (Lipinski definition) is 4. The predicted molar refractivity (Wildman–Crippen MR) is 124 cm³/mol. The van der Waals surface area contributed by atoms with Crippen molar-refractivity contribution in [3.05, 3.63) is 59.7 Å². The first-order valence-electron chi connectivity index (χ1n) is 11.1. The van der Waals surface area contributed by atoms with E-state index in [4.69, 9.17) is 0 Å². The van der Waals surface area contributed by atoms with Gasteiger partial charge in [0.1, 0.15) is 0 Å². The summed E-state index contributed by atoms with van der Waals surface area (Å²) in [4.78, 5) is 12.6. The van der Waals surface area contributed by atoms with Crippen molar-refractivity contribution in [2.24, 2.45) is 11.3 Å². The van der Waals surface area contributed by atoms with Crippen LogP contribution in [0.2, 0.25) is 0 Å². The van der Waals surface area contributed by atoms with Crippen molar-refractivity contribution in [3.63, 3.8) is 0 Å². The van der Waals surface area contributed by atoms with E-state index < -0.39 is 39.4 Å². The highest BCUT2D eigenvalue weighted by atomic mass is 32.2. The Morgan fingerprint density at radius 1 is 1.00 bits per heavy atom. The van der Waals surface area contributed by atoms with Crippen molar-refractivity contribution in [2.45, 2.75) is 63.1 Å². The zero-order chi connectivity index (χ0) is 25.4. The molecule has 3 rings (SSSR count). The summed E-state index contributed by atoms with van der Waals surface area (Å²) in [7, 11) is -3.33. The van der Waals surface area contributed by atoms with Crippen molar-refractivity contribution in [3.8, 4) is 0 Å². The van der Waals surface area contributed by atoms with Crippen LogP contribution in [0.1, 0.15) is 51.2 Å². The molecule has 0 aromatic heterocycles. The van der Waals surface area contributed by atoms with Gasteiger partial charge in [-0.3, -0.25) is 4.79 Å². The van der Waals surface area contributed by atoms with Gasteiger partial charge in [-0.15, -0.1) is 0 Å². The van der Waals surface area contributed by atoms with Crippen LogP contribution in [-0.2, 0) is 26.7 Å². The van der Waals surface area contributed by atoms with Crippen LogP contribution in [0.25, 0.3) is 0 Å². The van der Waals surface area contributed by atoms with Gasteiger partial charge in [-0.25, -0.2) is 8.42 Å². The van der Waals surface area contributed by atoms with E-state index in [2.05, 4.69) is 5.32 Å². The Hall–Kier alpha value is -2.39. The maximum absolute atomic E-state index is 13.7. The highest BCUT2D eigenvalue weighted by Gasteiger charge is 2.56. The van der Waals surface area contributed by atoms with Crippen molar-refractivity contribution in [1.29, 1.82) is 0 Å². The fraction of sp³-hybridized carbons (Fsp3) is 0.480. The van der Waals surface area contributed by atoms with E-state index in [0.717, 1.165) is 25.0 Å². The van der Waals surface area contributed by atoms with Gasteiger partial charge < -0.3 is 10.4 Å². The van der Waals surface area contributed by atoms with E-state index >= 15 is 0 Å². The van der Waals surface area contributed by atoms with E-state index in [0.29, 0.717) is 5.56 Å². The lowest BCUT2D eigenvalue weighted by Gasteiger charge is -2.36. The number of nitrogens with one attached hydrogen (secondary N) is 1. The minimum absolute atomic E-state index is 0.0266. The van der Waals surface area contributed by atoms with Crippen LogP contribution in [0.15, 0.2) is 53.4 Å². The smallest absolute Gasteiger partial charge is 0.376 e. The average molecular weight is 498 g/mol. The average Bonchev–Trinajstić information content (AvgIpc) is 3.50. The lowest BCUT2D eigenvalue weighted by molar-refractivity contribution is -0.276. The van der Waals surface area contributed by atoms with Crippen molar-refractivity contribution < 1.29 is 31.5 Å². The molecule has 1 aliphatic carbocycles. The minimum atomic E-state index is -4.86. The molecular weight excluding hydrogens is 467 g/mol. The third-order valence-corrected chi connectivity index (χ3v) is 7.60. The van der Waals surface area contributed by atoms with Gasteiger partial charge in [-0.2, -0.15) is 13.2 Å². The van der Waals surface area contributed by atoms with Gasteiger partial charge in [0, 0.05) is 5.69 Å². The fourth-order valence-corrected chi connectivity index (χ4v) is 5.56. The maximum atomic E-state index is 13.7. The number of anilines is 1. The van der Waals surface area contributed by atoms with Crippen molar-refractivity contribution in [2.75, 3.05) is 11.1 Å². The first-order valence-corrected chi connectivity index (χ1v) is 12.8. The Balaban J connectivity index is 1.65. The van der Waals surface area contributed by atoms with Crippen LogP contribution in [-0.4, -0.2) is 31.4 Å². The van der Waals surface area contributed by atoms with Gasteiger partial charge in [0.15, 0.2) is 15.4 Å². The topological polar surface area (TPSA) is 83.5 Å². The molecule has 34 heavy (non-hydrogen) atoms. The molecule has 0 radical (unpaired) electrons. The lowest BCUT2D eigenvalue weighted by atomic mass is 9.77. The van der Waals surface area contributed by atoms with Crippen molar-refractivity contribution >= 4 is 21.4 Å². The highest BCUT2D eigenvalue weighted by Crippen LogP contribution is 2.46. The van der Waals surface area contributed by atoms with Gasteiger partial charge in [-0.05, 0) is 66.0 Å². The second-order valence-electron chi connectivity index (χ2n) is 10.3. The molecule has 9 heteroatoms. The summed E-state index contributed by atoms with van der Waals surface area (Å²) in [5, 5.41) is 13.1. The summed E-state index contributed by atoms with van der Waals surface area (Å²) in [5.41, 5.74) is -3.18. The van der Waals surface area contributed by atoms with Gasteiger partial charge in [0.2, 0.25) is 5.91 Å². The first kappa shape index (κ1) is 26.2. The van der Waals surface area contributed by atoms with E-state index in [1.54, 1.807) is 32.9 Å². The number of rotatable bonds is 8. The zero-order valence-corrected chi connectivity index (χ0v) is 20.3. The first-order chi connectivity index (χ1) is 15.6. The summed E-state index contributed by atoms with van der Waals surface area (Å²) in [6.07, 6.45) is -3.53. The molecule has 0 saturated heterocycles. The SMILES string of the molecule is CC(C)(C)CC(O)(c1ccc(NC(=O)Cc2ccc(S(=O)(=O)CC3CC3)cc2)cc1)C(F)(F)F. The molecule has 1 fully saturated rings. The Morgan fingerprint density at radius 3 is 2.03 bits per heavy atom. The second-order valence-corrected chi connectivity index (χ2v) is 12.3. The van der Waals surface area contributed by atoms with E-state index in [1.165, 1.54) is 24.3 Å². The maximum Gasteiger partial charge on any atom is 0.421 e. The molecule has 0 aliphatic heterocycles. The van der Waals surface area contributed by atoms with E-state index in [9.17, 15) is 31.5 Å². The minimum Gasteiger partial charge on any atom is -0.376 e. The molecule has 1 unspecified atom stereocenters. The van der Waals surface area contributed by atoms with Gasteiger partial charge in [-0.1, -0.05) is 45.0 Å². The molecule has 0 bridgehead atoms. The highest BCUT2D eigenvalue weighted by molar-refractivity contribution is 7.91. The summed E-state index contributed by atoms with van der Waals surface area (Å²) in [6.45, 7) is 4.86. The number of carbonyl (C=O) groups is 1. The number of alkyl halides is 3. The summed E-state index contributed by atoms with van der Waals surface area (Å²) in [5.74, 6) is -0.0215. The van der Waals surface area contributed by atoms with Crippen LogP contribution in [0.5, 0.6) is 0 Å². The van der Waals surface area contributed by atoms with Crippen LogP contribution < -0.4 is 5.32 Å². The second kappa shape index (κ2) is 9.34. The number of aliphatic hydroxyl groups is 1. The molecule has 1 atom stereocenters. The Morgan fingerprint density at radius 2 is 1.56 bits per heavy atom. The molecule has 186 valence electrons. The number of halogens is 3. The van der Waals surface area contributed by atoms with Crippen molar-refractivity contribution in [1.82, 2.24) is 0 Å². The third-order valence-electron chi connectivity index (χ3n) is 5.70. The molecule has 2 N–H and O–H groups in total. The third kappa shape index (κ3) is 6.60. The van der Waals surface area contributed by atoms with Gasteiger partial charge >= 0.3 is 6.18 Å². The number of sulfone groups is 1. The molecule has 1 amide bonds. The Labute approximate surface area is 198 Å². The van der Waals surface area contributed by atoms with Crippen LogP contribution in [0.3, 0.4) is 0 Å². The fourth-order valence-electron chi connectivity index (χ4n) is 3.86. The largest absolute Gasteiger partial charge is 0.421 e. The van der Waals surface area contributed by atoms with Gasteiger partial charge in [0.25, 0.3) is 0 Å². The zero-order valence-electron chi connectivity index (χ0n) is 19.4.